The zero-order valence-corrected chi connectivity index (χ0v) is 12.4. The molecule has 0 atom stereocenters. The third-order valence-corrected chi connectivity index (χ3v) is 2.47. The van der Waals surface area contributed by atoms with Crippen molar-refractivity contribution in [3.05, 3.63) is 42.1 Å². The number of hydrogen-bond acceptors (Lipinski definition) is 3. The van der Waals surface area contributed by atoms with Gasteiger partial charge in [0.1, 0.15) is 5.82 Å². The molecule has 0 aromatic carbocycles. The van der Waals surface area contributed by atoms with Gasteiger partial charge in [-0.25, -0.2) is 14.8 Å². The van der Waals surface area contributed by atoms with Crippen molar-refractivity contribution in [2.45, 2.75) is 20.4 Å². The number of nitrogens with zero attached hydrogens (tertiary/aromatic N) is 3. The third-order valence-electron chi connectivity index (χ3n) is 2.47. The second kappa shape index (κ2) is 7.55. The Balaban J connectivity index is 0.000000956. The molecule has 0 aliphatic heterocycles. The van der Waals surface area contributed by atoms with E-state index in [0.717, 1.165) is 22.8 Å². The van der Waals surface area contributed by atoms with E-state index < -0.39 is 5.97 Å². The van der Waals surface area contributed by atoms with Crippen LogP contribution in [0.2, 0.25) is 0 Å². The fourth-order valence-electron chi connectivity index (χ4n) is 1.75. The Labute approximate surface area is 122 Å². The smallest absolute Gasteiger partial charge is 0.370 e. The number of carbonyl (C=O) groups is 1. The fraction of sp³-hybridized carbons (Fsp3) is 0.286. The molecule has 5 nitrogen and oxygen atoms in total. The van der Waals surface area contributed by atoms with E-state index in [1.54, 1.807) is 17.0 Å². The van der Waals surface area contributed by atoms with Crippen molar-refractivity contribution in [2.75, 3.05) is 6.38 Å². The zero-order chi connectivity index (χ0) is 15.1. The molecule has 2 rings (SSSR count). The van der Waals surface area contributed by atoms with Crippen molar-refractivity contribution in [1.29, 1.82) is 0 Å². The maximum Gasteiger partial charge on any atom is 0.370 e. The van der Waals surface area contributed by atoms with Gasteiger partial charge in [-0.05, 0) is 19.9 Å². The van der Waals surface area contributed by atoms with Gasteiger partial charge >= 0.3 is 5.97 Å². The molecule has 0 fully saturated rings. The average Bonchev–Trinajstić information content (AvgIpc) is 2.40. The largest absolute Gasteiger partial charge is 0.477 e. The molecule has 0 bridgehead atoms. The highest BCUT2D eigenvalue weighted by Crippen LogP contribution is 2.15. The summed E-state index contributed by atoms with van der Waals surface area (Å²) < 4.78 is 1.60. The Morgan fingerprint density at radius 1 is 1.25 bits per heavy atom. The van der Waals surface area contributed by atoms with Crippen LogP contribution in [0.1, 0.15) is 11.5 Å². The van der Waals surface area contributed by atoms with Crippen molar-refractivity contribution in [2.24, 2.45) is 0 Å². The van der Waals surface area contributed by atoms with Crippen LogP contribution in [0.4, 0.5) is 0 Å². The molecule has 0 unspecified atom stereocenters. The van der Waals surface area contributed by atoms with Crippen LogP contribution >= 0.6 is 11.6 Å². The minimum atomic E-state index is -0.860. The lowest BCUT2D eigenvalue weighted by atomic mass is 10.1. The van der Waals surface area contributed by atoms with Gasteiger partial charge in [0.05, 0.1) is 5.69 Å². The first-order chi connectivity index (χ1) is 9.54. The summed E-state index contributed by atoms with van der Waals surface area (Å²) in [4.78, 5) is 19.2. The summed E-state index contributed by atoms with van der Waals surface area (Å²) >= 11 is 4.64. The lowest BCUT2D eigenvalue weighted by Crippen LogP contribution is -2.36. The van der Waals surface area contributed by atoms with Gasteiger partial charge in [0.15, 0.2) is 12.4 Å². The summed E-state index contributed by atoms with van der Waals surface area (Å²) in [5, 5.41) is 8.68. The molecule has 0 aliphatic carbocycles. The number of alkyl halides is 1. The normalized spacial score (nSPS) is 9.60. The fourth-order valence-corrected chi connectivity index (χ4v) is 1.75. The molecular formula is C14H17ClN3O2+. The average molecular weight is 295 g/mol. The highest BCUT2D eigenvalue weighted by atomic mass is 35.5. The minimum absolute atomic E-state index is 0.0396. The van der Waals surface area contributed by atoms with Crippen LogP contribution in [0.5, 0.6) is 0 Å². The van der Waals surface area contributed by atoms with E-state index in [1.807, 2.05) is 32.0 Å². The van der Waals surface area contributed by atoms with Gasteiger partial charge in [-0.3, -0.25) is 0 Å². The van der Waals surface area contributed by atoms with Crippen LogP contribution in [0.3, 0.4) is 0 Å². The Bertz CT molecular complexity index is 565. The molecule has 0 amide bonds. The molecule has 0 saturated heterocycles. The Kier molecular flexibility index (Phi) is 6.06. The van der Waals surface area contributed by atoms with E-state index in [9.17, 15) is 4.79 Å². The number of pyridine rings is 1. The second-order valence-electron chi connectivity index (χ2n) is 4.09. The lowest BCUT2D eigenvalue weighted by Gasteiger charge is -2.02. The quantitative estimate of drug-likeness (QED) is 0.694. The van der Waals surface area contributed by atoms with Crippen LogP contribution < -0.4 is 4.57 Å². The summed E-state index contributed by atoms with van der Waals surface area (Å²) in [6.07, 6.45) is 4.94. The predicted octanol–water partition coefficient (Wildman–Crippen LogP) is 1.99. The number of hydrogen-bond donors (Lipinski definition) is 1. The number of carboxylic acids is 1. The van der Waals surface area contributed by atoms with E-state index in [0.29, 0.717) is 0 Å². The standard InChI is InChI=1S/C13H13N3O2.CH3Cl/c1-9-7-12(15-10(2)14-9)11-3-5-16(6-4-11)8-13(17)18;1-2/h3-7H,8H2,1-2H3;1H3/p+1. The number of aromatic nitrogens is 3. The van der Waals surface area contributed by atoms with E-state index in [1.165, 1.54) is 6.38 Å². The number of halogens is 1. The summed E-state index contributed by atoms with van der Waals surface area (Å²) in [7, 11) is 0. The summed E-state index contributed by atoms with van der Waals surface area (Å²) in [5.41, 5.74) is 2.72. The lowest BCUT2D eigenvalue weighted by molar-refractivity contribution is -0.685. The maximum absolute atomic E-state index is 10.6. The number of aryl methyl sites for hydroxylation is 2. The molecule has 2 heterocycles. The van der Waals surface area contributed by atoms with Crippen molar-refractivity contribution >= 4 is 17.6 Å². The first-order valence-corrected chi connectivity index (χ1v) is 6.71. The van der Waals surface area contributed by atoms with Crippen LogP contribution in [0.15, 0.2) is 30.6 Å². The number of carboxylic acid groups (broad SMARTS) is 1. The van der Waals surface area contributed by atoms with Crippen LogP contribution in [0.25, 0.3) is 11.3 Å². The first-order valence-electron chi connectivity index (χ1n) is 5.96. The van der Waals surface area contributed by atoms with Crippen molar-refractivity contribution in [3.8, 4) is 11.3 Å². The molecule has 2 aromatic heterocycles. The van der Waals surface area contributed by atoms with Crippen molar-refractivity contribution in [3.63, 3.8) is 0 Å². The summed E-state index contributed by atoms with van der Waals surface area (Å²) in [6, 6.07) is 5.61. The van der Waals surface area contributed by atoms with Gasteiger partial charge in [-0.2, -0.15) is 4.57 Å². The van der Waals surface area contributed by atoms with Crippen LogP contribution in [-0.2, 0) is 11.3 Å². The SMILES string of the molecule is CCl.Cc1cc(-c2cc[n+](CC(=O)O)cc2)nc(C)n1. The van der Waals surface area contributed by atoms with Gasteiger partial charge in [0, 0.05) is 29.8 Å². The van der Waals surface area contributed by atoms with E-state index in [-0.39, 0.29) is 6.54 Å². The molecule has 1 N–H and O–H groups in total. The molecule has 2 aromatic rings. The van der Waals surface area contributed by atoms with Crippen LogP contribution in [-0.4, -0.2) is 27.4 Å². The minimum Gasteiger partial charge on any atom is -0.477 e. The Morgan fingerprint density at radius 2 is 1.85 bits per heavy atom. The predicted molar refractivity (Wildman–Crippen MR) is 76.5 cm³/mol. The van der Waals surface area contributed by atoms with E-state index in [4.69, 9.17) is 5.11 Å². The maximum atomic E-state index is 10.6. The molecular weight excluding hydrogens is 278 g/mol. The molecule has 0 radical (unpaired) electrons. The molecule has 6 heteroatoms. The van der Waals surface area contributed by atoms with E-state index in [2.05, 4.69) is 21.6 Å². The highest BCUT2D eigenvalue weighted by Gasteiger charge is 2.08. The van der Waals surface area contributed by atoms with Crippen molar-refractivity contribution < 1.29 is 14.5 Å². The number of aliphatic carboxylic acids is 1. The monoisotopic (exact) mass is 294 g/mol. The Hall–Kier alpha value is -2.01. The molecule has 0 spiro atoms. The van der Waals surface area contributed by atoms with Crippen LogP contribution in [0, 0.1) is 13.8 Å². The van der Waals surface area contributed by atoms with E-state index >= 15 is 0 Å². The molecule has 20 heavy (non-hydrogen) atoms. The van der Waals surface area contributed by atoms with Crippen molar-refractivity contribution in [1.82, 2.24) is 9.97 Å². The highest BCUT2D eigenvalue weighted by molar-refractivity contribution is 6.15. The number of rotatable bonds is 3. The van der Waals surface area contributed by atoms with Gasteiger partial charge in [0.2, 0.25) is 6.54 Å². The topological polar surface area (TPSA) is 67.0 Å². The molecule has 0 aliphatic rings. The van der Waals surface area contributed by atoms with Gasteiger partial charge in [0.25, 0.3) is 0 Å². The second-order valence-corrected chi connectivity index (χ2v) is 4.09. The molecule has 0 saturated carbocycles. The van der Waals surface area contributed by atoms with Gasteiger partial charge in [-0.1, -0.05) is 0 Å². The van der Waals surface area contributed by atoms with Gasteiger partial charge in [-0.15, -0.1) is 11.6 Å². The third kappa shape index (κ3) is 4.59. The summed E-state index contributed by atoms with van der Waals surface area (Å²) in [6.45, 7) is 3.73. The molecule has 106 valence electrons. The van der Waals surface area contributed by atoms with Gasteiger partial charge < -0.3 is 5.11 Å². The summed E-state index contributed by atoms with van der Waals surface area (Å²) in [5.74, 6) is -0.131. The Morgan fingerprint density at radius 3 is 2.35 bits per heavy atom. The first kappa shape index (κ1) is 16.0. The zero-order valence-electron chi connectivity index (χ0n) is 11.7.